The predicted octanol–water partition coefficient (Wildman–Crippen LogP) is 0.654. The number of carbonyl (C=O) groups excluding carboxylic acids is 1. The van der Waals surface area contributed by atoms with Crippen LogP contribution in [0.5, 0.6) is 0 Å². The molecule has 0 aliphatic heterocycles. The second kappa shape index (κ2) is 5.06. The second-order valence-corrected chi connectivity index (χ2v) is 3.15. The molecule has 0 saturated carbocycles. The van der Waals surface area contributed by atoms with Crippen molar-refractivity contribution in [3.05, 3.63) is 35.2 Å². The molecule has 0 saturated heterocycles. The molecule has 1 aromatic rings. The van der Waals surface area contributed by atoms with Gasteiger partial charge in [0.15, 0.2) is 0 Å². The lowest BCUT2D eigenvalue weighted by atomic mass is 10.3. The summed E-state index contributed by atoms with van der Waals surface area (Å²) in [5.74, 6) is -0.266. The maximum absolute atomic E-state index is 11.5. The van der Waals surface area contributed by atoms with E-state index in [1.54, 1.807) is 13.0 Å². The molecule has 0 unspecified atom stereocenters. The number of amides is 1. The Kier molecular flexibility index (Phi) is 3.76. The molecule has 7 heteroatoms. The summed E-state index contributed by atoms with van der Waals surface area (Å²) >= 11 is 0. The largest absolute Gasteiger partial charge is 0.351 e. The molecule has 7 nitrogen and oxygen atoms in total. The summed E-state index contributed by atoms with van der Waals surface area (Å²) in [7, 11) is 0. The first-order valence-corrected chi connectivity index (χ1v) is 4.63. The van der Waals surface area contributed by atoms with Crippen molar-refractivity contribution >= 4 is 11.6 Å². The van der Waals surface area contributed by atoms with Crippen LogP contribution in [0.15, 0.2) is 25.0 Å². The molecule has 0 aliphatic carbocycles. The fraction of sp³-hybridized carbons (Fsp3) is 0.333. The van der Waals surface area contributed by atoms with Crippen LogP contribution in [-0.2, 0) is 4.79 Å². The van der Waals surface area contributed by atoms with Gasteiger partial charge in [0, 0.05) is 6.54 Å². The molecule has 1 N–H and O–H groups in total. The van der Waals surface area contributed by atoms with Gasteiger partial charge in [0.05, 0.1) is 4.92 Å². The summed E-state index contributed by atoms with van der Waals surface area (Å²) < 4.78 is 1.25. The van der Waals surface area contributed by atoms with Crippen molar-refractivity contribution in [2.45, 2.75) is 13.0 Å². The van der Waals surface area contributed by atoms with Crippen molar-refractivity contribution in [1.29, 1.82) is 0 Å². The number of nitrogens with one attached hydrogen (secondary N) is 1. The van der Waals surface area contributed by atoms with Gasteiger partial charge in [-0.15, -0.1) is 6.58 Å². The minimum absolute atomic E-state index is 0.136. The van der Waals surface area contributed by atoms with Crippen LogP contribution in [0.2, 0.25) is 0 Å². The summed E-state index contributed by atoms with van der Waals surface area (Å²) in [6, 6.07) is -0.589. The molecule has 1 heterocycles. The van der Waals surface area contributed by atoms with Crippen molar-refractivity contribution in [3.8, 4) is 0 Å². The normalized spacial score (nSPS) is 11.8. The second-order valence-electron chi connectivity index (χ2n) is 3.15. The maximum Gasteiger partial charge on any atom is 0.307 e. The van der Waals surface area contributed by atoms with Gasteiger partial charge >= 0.3 is 5.69 Å². The van der Waals surface area contributed by atoms with Gasteiger partial charge in [-0.2, -0.15) is 5.10 Å². The summed E-state index contributed by atoms with van der Waals surface area (Å²) in [5.41, 5.74) is -0.136. The summed E-state index contributed by atoms with van der Waals surface area (Å²) in [5, 5.41) is 16.8. The van der Waals surface area contributed by atoms with Gasteiger partial charge in [-0.05, 0) is 6.92 Å². The van der Waals surface area contributed by atoms with E-state index in [1.807, 2.05) is 0 Å². The highest BCUT2D eigenvalue weighted by molar-refractivity contribution is 5.79. The summed E-state index contributed by atoms with van der Waals surface area (Å²) in [6.45, 7) is 5.43. The molecular weight excluding hydrogens is 212 g/mol. The zero-order valence-corrected chi connectivity index (χ0v) is 8.79. The Labute approximate surface area is 91.9 Å². The standard InChI is InChI=1S/C9H12N4O3/c1-3-4-10-9(14)7(2)12-6-8(5-11-12)13(15)16/h3,5-7H,1,4H2,2H3,(H,10,14)/t7-/m1/s1. The van der Waals surface area contributed by atoms with Crippen LogP contribution >= 0.6 is 0 Å². The number of hydrogen-bond acceptors (Lipinski definition) is 4. The van der Waals surface area contributed by atoms with E-state index in [4.69, 9.17) is 0 Å². The van der Waals surface area contributed by atoms with Gasteiger partial charge in [-0.1, -0.05) is 6.08 Å². The Bertz CT molecular complexity index is 413. The highest BCUT2D eigenvalue weighted by Gasteiger charge is 2.18. The smallest absolute Gasteiger partial charge is 0.307 e. The molecule has 86 valence electrons. The highest BCUT2D eigenvalue weighted by atomic mass is 16.6. The number of nitrogens with zero attached hydrogens (tertiary/aromatic N) is 3. The van der Waals surface area contributed by atoms with E-state index in [-0.39, 0.29) is 11.6 Å². The van der Waals surface area contributed by atoms with Crippen LogP contribution in [-0.4, -0.2) is 27.2 Å². The molecule has 0 aliphatic rings. The molecule has 16 heavy (non-hydrogen) atoms. The zero-order chi connectivity index (χ0) is 12.1. The van der Waals surface area contributed by atoms with Gasteiger partial charge in [0.25, 0.3) is 0 Å². The molecule has 0 fully saturated rings. The molecule has 1 amide bonds. The van der Waals surface area contributed by atoms with Gasteiger partial charge in [0.1, 0.15) is 18.4 Å². The van der Waals surface area contributed by atoms with Gasteiger partial charge < -0.3 is 5.32 Å². The van der Waals surface area contributed by atoms with E-state index in [1.165, 1.54) is 10.9 Å². The van der Waals surface area contributed by atoms with E-state index in [0.717, 1.165) is 6.20 Å². The van der Waals surface area contributed by atoms with E-state index in [2.05, 4.69) is 17.0 Å². The average Bonchev–Trinajstić information content (AvgIpc) is 2.74. The van der Waals surface area contributed by atoms with Crippen molar-refractivity contribution < 1.29 is 9.72 Å². The summed E-state index contributed by atoms with van der Waals surface area (Å²) in [4.78, 5) is 21.4. The molecule has 0 aromatic carbocycles. The third-order valence-corrected chi connectivity index (χ3v) is 2.00. The van der Waals surface area contributed by atoms with Crippen molar-refractivity contribution in [2.24, 2.45) is 0 Å². The molecular formula is C9H12N4O3. The molecule has 1 aromatic heterocycles. The Hall–Kier alpha value is -2.18. The lowest BCUT2D eigenvalue weighted by Crippen LogP contribution is -2.31. The molecule has 1 rings (SSSR count). The van der Waals surface area contributed by atoms with Crippen molar-refractivity contribution in [3.63, 3.8) is 0 Å². The van der Waals surface area contributed by atoms with Gasteiger partial charge in [-0.25, -0.2) is 0 Å². The fourth-order valence-electron chi connectivity index (χ4n) is 1.07. The number of nitro groups is 1. The molecule has 1 atom stereocenters. The number of carbonyl (C=O) groups is 1. The van der Waals surface area contributed by atoms with E-state index >= 15 is 0 Å². The van der Waals surface area contributed by atoms with Crippen molar-refractivity contribution in [1.82, 2.24) is 15.1 Å². The third kappa shape index (κ3) is 2.66. The molecule has 0 radical (unpaired) electrons. The highest BCUT2D eigenvalue weighted by Crippen LogP contribution is 2.12. The predicted molar refractivity (Wildman–Crippen MR) is 56.8 cm³/mol. The van der Waals surface area contributed by atoms with Crippen LogP contribution in [0.4, 0.5) is 5.69 Å². The average molecular weight is 224 g/mol. The molecule has 0 spiro atoms. The van der Waals surface area contributed by atoms with Crippen LogP contribution in [0, 0.1) is 10.1 Å². The Morgan fingerprint density at radius 3 is 3.06 bits per heavy atom. The van der Waals surface area contributed by atoms with E-state index in [0.29, 0.717) is 6.54 Å². The first kappa shape index (κ1) is 11.9. The third-order valence-electron chi connectivity index (χ3n) is 2.00. The van der Waals surface area contributed by atoms with E-state index in [9.17, 15) is 14.9 Å². The van der Waals surface area contributed by atoms with Crippen LogP contribution in [0.3, 0.4) is 0 Å². The Balaban J connectivity index is 2.71. The Morgan fingerprint density at radius 1 is 1.88 bits per heavy atom. The lowest BCUT2D eigenvalue weighted by Gasteiger charge is -2.10. The molecule has 0 bridgehead atoms. The number of rotatable bonds is 5. The van der Waals surface area contributed by atoms with Gasteiger partial charge in [0.2, 0.25) is 5.91 Å². The lowest BCUT2D eigenvalue weighted by molar-refractivity contribution is -0.385. The SMILES string of the molecule is C=CCNC(=O)[C@@H](C)n1cc([N+](=O)[O-])cn1. The van der Waals surface area contributed by atoms with Crippen LogP contribution in [0.25, 0.3) is 0 Å². The fourth-order valence-corrected chi connectivity index (χ4v) is 1.07. The first-order valence-electron chi connectivity index (χ1n) is 4.63. The van der Waals surface area contributed by atoms with E-state index < -0.39 is 11.0 Å². The topological polar surface area (TPSA) is 90.1 Å². The van der Waals surface area contributed by atoms with Crippen LogP contribution < -0.4 is 5.32 Å². The monoisotopic (exact) mass is 224 g/mol. The minimum Gasteiger partial charge on any atom is -0.351 e. The number of hydrogen-bond donors (Lipinski definition) is 1. The zero-order valence-electron chi connectivity index (χ0n) is 8.79. The summed E-state index contributed by atoms with van der Waals surface area (Å²) in [6.07, 6.45) is 3.88. The first-order chi connectivity index (χ1) is 7.56. The van der Waals surface area contributed by atoms with Crippen LogP contribution in [0.1, 0.15) is 13.0 Å². The van der Waals surface area contributed by atoms with Gasteiger partial charge in [-0.3, -0.25) is 19.6 Å². The van der Waals surface area contributed by atoms with Crippen molar-refractivity contribution in [2.75, 3.05) is 6.54 Å². The Morgan fingerprint density at radius 2 is 2.56 bits per heavy atom. The maximum atomic E-state index is 11.5. The minimum atomic E-state index is -0.589. The quantitative estimate of drug-likeness (QED) is 0.451. The number of aromatic nitrogens is 2.